The van der Waals surface area contributed by atoms with Crippen LogP contribution < -0.4 is 0 Å². The van der Waals surface area contributed by atoms with Crippen LogP contribution in [0.5, 0.6) is 0 Å². The summed E-state index contributed by atoms with van der Waals surface area (Å²) in [5.41, 5.74) is 0. The first-order valence-corrected chi connectivity index (χ1v) is 3.18. The Balaban J connectivity index is 3.77. The molecule has 2 atom stereocenters. The summed E-state index contributed by atoms with van der Waals surface area (Å²) in [4.78, 5) is 0. The Morgan fingerprint density at radius 3 is 2.09 bits per heavy atom. The fourth-order valence-electron chi connectivity index (χ4n) is 0.578. The summed E-state index contributed by atoms with van der Waals surface area (Å²) in [5.74, 6) is -0.744. The van der Waals surface area contributed by atoms with Crippen LogP contribution in [0.2, 0.25) is 0 Å². The van der Waals surface area contributed by atoms with Gasteiger partial charge in [-0.1, -0.05) is 6.92 Å². The van der Waals surface area contributed by atoms with Gasteiger partial charge in [0.05, 0.1) is 6.67 Å². The van der Waals surface area contributed by atoms with E-state index in [2.05, 4.69) is 0 Å². The maximum absolute atomic E-state index is 11.7. The Bertz CT molecular complexity index is 112. The molecular formula is C6H10F4O. The molecule has 1 nitrogen and oxygen atoms in total. The van der Waals surface area contributed by atoms with Gasteiger partial charge >= 0.3 is 6.18 Å². The molecule has 0 aliphatic rings. The number of aliphatic hydroxyl groups excluding tert-OH is 1. The van der Waals surface area contributed by atoms with Gasteiger partial charge in [-0.25, -0.2) is 0 Å². The summed E-state index contributed by atoms with van der Waals surface area (Å²) in [7, 11) is 0. The van der Waals surface area contributed by atoms with E-state index in [0.717, 1.165) is 0 Å². The molecule has 0 fully saturated rings. The number of aliphatic hydroxyl groups is 1. The number of hydrogen-bond donors (Lipinski definition) is 1. The van der Waals surface area contributed by atoms with Crippen molar-refractivity contribution < 1.29 is 22.7 Å². The molecule has 5 heteroatoms. The van der Waals surface area contributed by atoms with Crippen LogP contribution in [0.25, 0.3) is 0 Å². The lowest BCUT2D eigenvalue weighted by molar-refractivity contribution is -0.208. The summed E-state index contributed by atoms with van der Waals surface area (Å²) < 4.78 is 46.4. The third-order valence-electron chi connectivity index (χ3n) is 1.27. The molecule has 0 aliphatic heterocycles. The molecule has 0 saturated heterocycles. The first-order valence-electron chi connectivity index (χ1n) is 3.18. The van der Waals surface area contributed by atoms with E-state index in [0.29, 0.717) is 0 Å². The molecule has 0 aromatic rings. The Labute approximate surface area is 62.0 Å². The molecule has 0 rings (SSSR count). The SMILES string of the molecule is C[C@@H](CF)CC(O)C(F)(F)F. The maximum Gasteiger partial charge on any atom is 0.414 e. The van der Waals surface area contributed by atoms with E-state index >= 15 is 0 Å². The van der Waals surface area contributed by atoms with Crippen molar-refractivity contribution in [1.29, 1.82) is 0 Å². The van der Waals surface area contributed by atoms with Gasteiger partial charge < -0.3 is 5.11 Å². The predicted octanol–water partition coefficient (Wildman–Crippen LogP) is 1.91. The first-order chi connectivity index (χ1) is 4.88. The second-order valence-electron chi connectivity index (χ2n) is 2.55. The molecule has 0 saturated carbocycles. The average molecular weight is 174 g/mol. The van der Waals surface area contributed by atoms with Gasteiger partial charge in [-0.3, -0.25) is 4.39 Å². The number of hydrogen-bond acceptors (Lipinski definition) is 1. The Hall–Kier alpha value is -0.320. The van der Waals surface area contributed by atoms with Gasteiger partial charge in [-0.05, 0) is 12.3 Å². The van der Waals surface area contributed by atoms with E-state index < -0.39 is 31.3 Å². The Morgan fingerprint density at radius 2 is 1.82 bits per heavy atom. The number of rotatable bonds is 3. The standard InChI is InChI=1S/C6H10F4O/c1-4(3-7)2-5(11)6(8,9)10/h4-5,11H,2-3H2,1H3/t4-,5?/m1/s1. The van der Waals surface area contributed by atoms with Gasteiger partial charge in [0.1, 0.15) is 6.10 Å². The lowest BCUT2D eigenvalue weighted by atomic mass is 10.1. The van der Waals surface area contributed by atoms with Gasteiger partial charge in [0, 0.05) is 0 Å². The molecule has 0 aliphatic carbocycles. The lowest BCUT2D eigenvalue weighted by Gasteiger charge is -2.16. The molecule has 11 heavy (non-hydrogen) atoms. The summed E-state index contributed by atoms with van der Waals surface area (Å²) in [6.45, 7) is 0.474. The fourth-order valence-corrected chi connectivity index (χ4v) is 0.578. The molecule has 0 radical (unpaired) electrons. The van der Waals surface area contributed by atoms with Crippen LogP contribution in [0.3, 0.4) is 0 Å². The van der Waals surface area contributed by atoms with Crippen LogP contribution >= 0.6 is 0 Å². The lowest BCUT2D eigenvalue weighted by Crippen LogP contribution is -2.30. The second kappa shape index (κ2) is 3.90. The molecule has 0 heterocycles. The van der Waals surface area contributed by atoms with Crippen LogP contribution in [0.15, 0.2) is 0 Å². The third kappa shape index (κ3) is 4.19. The molecule has 1 unspecified atom stereocenters. The van der Waals surface area contributed by atoms with Crippen molar-refractivity contribution in [2.24, 2.45) is 5.92 Å². The minimum absolute atomic E-state index is 0.569. The number of halogens is 4. The highest BCUT2D eigenvalue weighted by atomic mass is 19.4. The minimum atomic E-state index is -4.62. The van der Waals surface area contributed by atoms with Crippen molar-refractivity contribution in [3.8, 4) is 0 Å². The molecular weight excluding hydrogens is 164 g/mol. The van der Waals surface area contributed by atoms with Crippen molar-refractivity contribution in [3.05, 3.63) is 0 Å². The summed E-state index contributed by atoms with van der Waals surface area (Å²) in [6.07, 6.45) is -7.59. The van der Waals surface area contributed by atoms with E-state index in [1.165, 1.54) is 6.92 Å². The van der Waals surface area contributed by atoms with Crippen molar-refractivity contribution >= 4 is 0 Å². The first kappa shape index (κ1) is 10.7. The zero-order valence-corrected chi connectivity index (χ0v) is 6.03. The summed E-state index contributed by atoms with van der Waals surface area (Å²) in [5, 5.41) is 8.40. The molecule has 0 aromatic carbocycles. The van der Waals surface area contributed by atoms with E-state index in [4.69, 9.17) is 5.11 Å². The van der Waals surface area contributed by atoms with Crippen LogP contribution in [-0.4, -0.2) is 24.1 Å². The molecule has 0 aromatic heterocycles. The van der Waals surface area contributed by atoms with Crippen LogP contribution in [0, 0.1) is 5.92 Å². The van der Waals surface area contributed by atoms with E-state index in [1.54, 1.807) is 0 Å². The average Bonchev–Trinajstić information content (AvgIpc) is 1.85. The highest BCUT2D eigenvalue weighted by Crippen LogP contribution is 2.24. The van der Waals surface area contributed by atoms with E-state index in [-0.39, 0.29) is 0 Å². The molecule has 0 spiro atoms. The van der Waals surface area contributed by atoms with Crippen LogP contribution in [0.4, 0.5) is 17.6 Å². The smallest absolute Gasteiger partial charge is 0.384 e. The minimum Gasteiger partial charge on any atom is -0.384 e. The predicted molar refractivity (Wildman–Crippen MR) is 31.8 cm³/mol. The zero-order chi connectivity index (χ0) is 9.07. The van der Waals surface area contributed by atoms with Crippen LogP contribution in [0.1, 0.15) is 13.3 Å². The van der Waals surface area contributed by atoms with Gasteiger partial charge in [-0.2, -0.15) is 13.2 Å². The van der Waals surface area contributed by atoms with Gasteiger partial charge in [0.15, 0.2) is 0 Å². The van der Waals surface area contributed by atoms with Gasteiger partial charge in [-0.15, -0.1) is 0 Å². The normalized spacial score (nSPS) is 18.0. The topological polar surface area (TPSA) is 20.2 Å². The maximum atomic E-state index is 11.7. The quantitative estimate of drug-likeness (QED) is 0.648. The van der Waals surface area contributed by atoms with Crippen molar-refractivity contribution in [3.63, 3.8) is 0 Å². The van der Waals surface area contributed by atoms with E-state index in [9.17, 15) is 17.6 Å². The summed E-state index contributed by atoms with van der Waals surface area (Å²) in [6, 6.07) is 0. The Kier molecular flexibility index (Phi) is 3.78. The van der Waals surface area contributed by atoms with Crippen molar-refractivity contribution in [2.75, 3.05) is 6.67 Å². The number of alkyl halides is 4. The summed E-state index contributed by atoms with van der Waals surface area (Å²) >= 11 is 0. The Morgan fingerprint density at radius 1 is 1.36 bits per heavy atom. The van der Waals surface area contributed by atoms with Crippen molar-refractivity contribution in [1.82, 2.24) is 0 Å². The van der Waals surface area contributed by atoms with Gasteiger partial charge in [0.25, 0.3) is 0 Å². The van der Waals surface area contributed by atoms with Gasteiger partial charge in [0.2, 0.25) is 0 Å². The monoisotopic (exact) mass is 174 g/mol. The molecule has 1 N–H and O–H groups in total. The largest absolute Gasteiger partial charge is 0.414 e. The molecule has 0 amide bonds. The highest BCUT2D eigenvalue weighted by Gasteiger charge is 2.38. The highest BCUT2D eigenvalue weighted by molar-refractivity contribution is 4.67. The fraction of sp³-hybridized carbons (Fsp3) is 1.00. The van der Waals surface area contributed by atoms with Crippen molar-refractivity contribution in [2.45, 2.75) is 25.6 Å². The zero-order valence-electron chi connectivity index (χ0n) is 6.03. The van der Waals surface area contributed by atoms with E-state index in [1.807, 2.05) is 0 Å². The second-order valence-corrected chi connectivity index (χ2v) is 2.55. The third-order valence-corrected chi connectivity index (χ3v) is 1.27. The van der Waals surface area contributed by atoms with Crippen LogP contribution in [-0.2, 0) is 0 Å². The molecule has 68 valence electrons. The molecule has 0 bridgehead atoms.